The van der Waals surface area contributed by atoms with Gasteiger partial charge in [-0.1, -0.05) is 58.1 Å². The molecule has 2 aromatic carbocycles. The van der Waals surface area contributed by atoms with Crippen LogP contribution in [0.25, 0.3) is 6.08 Å². The van der Waals surface area contributed by atoms with Crippen LogP contribution in [0.15, 0.2) is 51.8 Å². The Morgan fingerprint density at radius 2 is 1.94 bits per heavy atom. The summed E-state index contributed by atoms with van der Waals surface area (Å²) < 4.78 is 17.8. The molecule has 174 valence electrons. The van der Waals surface area contributed by atoms with Crippen LogP contribution in [0.1, 0.15) is 30.9 Å². The Morgan fingerprint density at radius 1 is 1.18 bits per heavy atom. The lowest BCUT2D eigenvalue weighted by molar-refractivity contribution is -0.143. The molecule has 0 unspecified atom stereocenters. The Hall–Kier alpha value is -2.36. The standard InChI is InChI=1S/C24H24BrNO5S2/c1-3-30-22(27)5-4-12-26-23(28)21(33-24(26)32)14-17-8-11-19(20(13-17)29-2)31-15-16-6-9-18(25)10-7-16/h6-11,13-14H,3-5,12,15H2,1-2H3/b21-14+. The van der Waals surface area contributed by atoms with Gasteiger partial charge in [0.05, 0.1) is 18.6 Å². The van der Waals surface area contributed by atoms with Gasteiger partial charge < -0.3 is 14.2 Å². The molecule has 0 bridgehead atoms. The molecule has 0 aliphatic carbocycles. The van der Waals surface area contributed by atoms with Crippen molar-refractivity contribution in [2.24, 2.45) is 0 Å². The topological polar surface area (TPSA) is 65.1 Å². The van der Waals surface area contributed by atoms with Crippen molar-refractivity contribution in [2.45, 2.75) is 26.4 Å². The second-order valence-electron chi connectivity index (χ2n) is 7.07. The van der Waals surface area contributed by atoms with Crippen molar-refractivity contribution in [1.82, 2.24) is 4.90 Å². The molecule has 0 atom stereocenters. The molecule has 1 saturated heterocycles. The molecule has 1 aliphatic heterocycles. The molecule has 3 rings (SSSR count). The van der Waals surface area contributed by atoms with Gasteiger partial charge in [-0.2, -0.15) is 0 Å². The third-order valence-corrected chi connectivity index (χ3v) is 6.64. The van der Waals surface area contributed by atoms with Crippen molar-refractivity contribution in [1.29, 1.82) is 0 Å². The first-order valence-electron chi connectivity index (χ1n) is 10.4. The van der Waals surface area contributed by atoms with Crippen LogP contribution >= 0.6 is 39.9 Å². The van der Waals surface area contributed by atoms with Crippen LogP contribution in [0.3, 0.4) is 0 Å². The molecule has 1 amide bonds. The summed E-state index contributed by atoms with van der Waals surface area (Å²) in [5.74, 6) is 0.756. The lowest BCUT2D eigenvalue weighted by atomic mass is 10.1. The van der Waals surface area contributed by atoms with Crippen molar-refractivity contribution in [3.63, 3.8) is 0 Å². The van der Waals surface area contributed by atoms with Crippen molar-refractivity contribution < 1.29 is 23.8 Å². The van der Waals surface area contributed by atoms with Crippen LogP contribution < -0.4 is 9.47 Å². The van der Waals surface area contributed by atoms with Crippen LogP contribution in [0.2, 0.25) is 0 Å². The lowest BCUT2D eigenvalue weighted by Gasteiger charge is -2.13. The van der Waals surface area contributed by atoms with E-state index in [9.17, 15) is 9.59 Å². The first kappa shape index (κ1) is 25.3. The van der Waals surface area contributed by atoms with E-state index < -0.39 is 0 Å². The van der Waals surface area contributed by atoms with Crippen LogP contribution in [-0.2, 0) is 20.9 Å². The van der Waals surface area contributed by atoms with E-state index in [1.165, 1.54) is 16.7 Å². The van der Waals surface area contributed by atoms with E-state index in [1.54, 1.807) is 20.1 Å². The highest BCUT2D eigenvalue weighted by molar-refractivity contribution is 9.10. The predicted octanol–water partition coefficient (Wildman–Crippen LogP) is 5.58. The largest absolute Gasteiger partial charge is 0.493 e. The maximum absolute atomic E-state index is 12.8. The molecule has 1 heterocycles. The second kappa shape index (κ2) is 12.2. The molecule has 1 aliphatic rings. The first-order chi connectivity index (χ1) is 15.9. The maximum Gasteiger partial charge on any atom is 0.305 e. The van der Waals surface area contributed by atoms with Crippen LogP contribution in [0.5, 0.6) is 11.5 Å². The Morgan fingerprint density at radius 3 is 2.64 bits per heavy atom. The zero-order chi connectivity index (χ0) is 23.8. The predicted molar refractivity (Wildman–Crippen MR) is 137 cm³/mol. The fourth-order valence-corrected chi connectivity index (χ4v) is 4.67. The number of esters is 1. The average Bonchev–Trinajstić information content (AvgIpc) is 3.06. The number of hydrogen-bond acceptors (Lipinski definition) is 7. The summed E-state index contributed by atoms with van der Waals surface area (Å²) in [7, 11) is 1.58. The van der Waals surface area contributed by atoms with Gasteiger partial charge in [-0.25, -0.2) is 0 Å². The number of ether oxygens (including phenoxy) is 3. The fraction of sp³-hybridized carbons (Fsp3) is 0.292. The van der Waals surface area contributed by atoms with Gasteiger partial charge in [0.1, 0.15) is 10.9 Å². The number of nitrogens with zero attached hydrogens (tertiary/aromatic N) is 1. The van der Waals surface area contributed by atoms with Gasteiger partial charge in [0.25, 0.3) is 5.91 Å². The third-order valence-electron chi connectivity index (χ3n) is 4.73. The van der Waals surface area contributed by atoms with E-state index >= 15 is 0 Å². The number of thiocarbonyl (C=S) groups is 1. The van der Waals surface area contributed by atoms with Gasteiger partial charge in [-0.3, -0.25) is 14.5 Å². The zero-order valence-corrected chi connectivity index (χ0v) is 21.6. The highest BCUT2D eigenvalue weighted by Crippen LogP contribution is 2.35. The molecule has 9 heteroatoms. The number of benzene rings is 2. The summed E-state index contributed by atoms with van der Waals surface area (Å²) in [6.45, 7) is 2.90. The average molecular weight is 550 g/mol. The molecule has 33 heavy (non-hydrogen) atoms. The van der Waals surface area contributed by atoms with E-state index in [1.807, 2.05) is 42.5 Å². The Balaban J connectivity index is 1.64. The van der Waals surface area contributed by atoms with Gasteiger partial charge in [-0.05, 0) is 54.8 Å². The molecule has 0 radical (unpaired) electrons. The van der Waals surface area contributed by atoms with Crippen LogP contribution in [0.4, 0.5) is 0 Å². The zero-order valence-electron chi connectivity index (χ0n) is 18.3. The molecule has 6 nitrogen and oxygen atoms in total. The highest BCUT2D eigenvalue weighted by atomic mass is 79.9. The first-order valence-corrected chi connectivity index (χ1v) is 12.4. The number of halogens is 1. The van der Waals surface area contributed by atoms with E-state index in [0.717, 1.165) is 15.6 Å². The van der Waals surface area contributed by atoms with E-state index in [0.29, 0.717) is 46.9 Å². The van der Waals surface area contributed by atoms with Crippen molar-refractivity contribution in [3.05, 3.63) is 63.0 Å². The smallest absolute Gasteiger partial charge is 0.305 e. The minimum Gasteiger partial charge on any atom is -0.493 e. The van der Waals surface area contributed by atoms with Crippen molar-refractivity contribution in [2.75, 3.05) is 20.3 Å². The van der Waals surface area contributed by atoms with E-state index in [4.69, 9.17) is 26.4 Å². The monoisotopic (exact) mass is 549 g/mol. The summed E-state index contributed by atoms with van der Waals surface area (Å²) in [6, 6.07) is 13.4. The number of carbonyl (C=O) groups is 2. The van der Waals surface area contributed by atoms with Crippen molar-refractivity contribution in [3.8, 4) is 11.5 Å². The summed E-state index contributed by atoms with van der Waals surface area (Å²) in [5.41, 5.74) is 1.84. The molecule has 0 saturated carbocycles. The van der Waals surface area contributed by atoms with Gasteiger partial charge >= 0.3 is 5.97 Å². The summed E-state index contributed by atoms with van der Waals surface area (Å²) in [5, 5.41) is 0. The van der Waals surface area contributed by atoms with E-state index in [2.05, 4.69) is 15.9 Å². The lowest BCUT2D eigenvalue weighted by Crippen LogP contribution is -2.29. The van der Waals surface area contributed by atoms with E-state index in [-0.39, 0.29) is 18.3 Å². The molecule has 0 N–H and O–H groups in total. The number of rotatable bonds is 10. The number of thioether (sulfide) groups is 1. The summed E-state index contributed by atoms with van der Waals surface area (Å²) in [6.07, 6.45) is 2.53. The number of carbonyl (C=O) groups excluding carboxylic acids is 2. The molecular weight excluding hydrogens is 526 g/mol. The quantitative estimate of drug-likeness (QED) is 0.217. The highest BCUT2D eigenvalue weighted by Gasteiger charge is 2.31. The summed E-state index contributed by atoms with van der Waals surface area (Å²) in [4.78, 5) is 26.4. The molecule has 0 aromatic heterocycles. The number of amides is 1. The summed E-state index contributed by atoms with van der Waals surface area (Å²) >= 11 is 10.0. The molecular formula is C24H24BrNO5S2. The second-order valence-corrected chi connectivity index (χ2v) is 9.66. The van der Waals surface area contributed by atoms with Gasteiger partial charge in [0.2, 0.25) is 0 Å². The number of hydrogen-bond donors (Lipinski definition) is 0. The normalized spacial score (nSPS) is 14.6. The molecule has 1 fully saturated rings. The van der Waals surface area contributed by atoms with Gasteiger partial charge in [0, 0.05) is 17.4 Å². The minimum absolute atomic E-state index is 0.164. The van der Waals surface area contributed by atoms with Crippen LogP contribution in [0, 0.1) is 0 Å². The fourth-order valence-electron chi connectivity index (χ4n) is 3.09. The molecule has 2 aromatic rings. The third kappa shape index (κ3) is 7.06. The van der Waals surface area contributed by atoms with Gasteiger partial charge in [0.15, 0.2) is 11.5 Å². The van der Waals surface area contributed by atoms with Gasteiger partial charge in [-0.15, -0.1) is 0 Å². The maximum atomic E-state index is 12.8. The van der Waals surface area contributed by atoms with Crippen LogP contribution in [-0.4, -0.2) is 41.4 Å². The number of methoxy groups -OCH3 is 1. The Kier molecular flexibility index (Phi) is 9.34. The Bertz CT molecular complexity index is 1060. The SMILES string of the molecule is CCOC(=O)CCCN1C(=O)/C(=C\c2ccc(OCc3ccc(Br)cc3)c(OC)c2)SC1=S. The Labute approximate surface area is 211 Å². The minimum atomic E-state index is -0.270. The molecule has 0 spiro atoms. The van der Waals surface area contributed by atoms with Crippen molar-refractivity contribution >= 4 is 62.2 Å².